The number of likely N-dealkylation sites (tertiary alicyclic amines) is 1. The first-order valence-electron chi connectivity index (χ1n) is 8.59. The molecule has 0 spiro atoms. The number of urea groups is 1. The van der Waals surface area contributed by atoms with Gasteiger partial charge >= 0.3 is 6.03 Å². The lowest BCUT2D eigenvalue weighted by Crippen LogP contribution is -2.50. The minimum Gasteiger partial charge on any atom is -0.493 e. The molecule has 0 saturated carbocycles. The van der Waals surface area contributed by atoms with Crippen LogP contribution >= 0.6 is 0 Å². The van der Waals surface area contributed by atoms with E-state index < -0.39 is 0 Å². The number of aliphatic hydroxyl groups excluding tert-OH is 1. The number of rotatable bonds is 2. The predicted molar refractivity (Wildman–Crippen MR) is 88.4 cm³/mol. The first-order valence-corrected chi connectivity index (χ1v) is 8.59. The maximum Gasteiger partial charge on any atom is 0.317 e. The highest BCUT2D eigenvalue weighted by Crippen LogP contribution is 2.33. The third kappa shape index (κ3) is 3.64. The van der Waals surface area contributed by atoms with Crippen molar-refractivity contribution in [3.05, 3.63) is 29.6 Å². The molecule has 0 aromatic heterocycles. The van der Waals surface area contributed by atoms with E-state index in [-0.39, 0.29) is 29.9 Å². The van der Waals surface area contributed by atoms with E-state index in [4.69, 9.17) is 4.74 Å². The lowest BCUT2D eigenvalue weighted by atomic mass is 9.83. The van der Waals surface area contributed by atoms with Crippen molar-refractivity contribution in [3.8, 4) is 5.75 Å². The van der Waals surface area contributed by atoms with Gasteiger partial charge in [-0.1, -0.05) is 13.0 Å². The van der Waals surface area contributed by atoms with E-state index in [2.05, 4.69) is 5.32 Å². The lowest BCUT2D eigenvalue weighted by Gasteiger charge is -2.39. The van der Waals surface area contributed by atoms with Crippen LogP contribution in [0.25, 0.3) is 0 Å². The van der Waals surface area contributed by atoms with E-state index in [0.29, 0.717) is 25.4 Å². The first kappa shape index (κ1) is 17.0. The topological polar surface area (TPSA) is 61.8 Å². The average Bonchev–Trinajstić information content (AvgIpc) is 2.77. The maximum atomic E-state index is 13.4. The van der Waals surface area contributed by atoms with Gasteiger partial charge in [-0.05, 0) is 31.7 Å². The standard InChI is InChI=1S/C18H25FN2O3/c1-18(12-22)7-3-8-21(11-18)17(23)20-15-4-2-9-24-16-10-13(19)5-6-14(15)16/h5-6,10,15,22H,2-4,7-9,11-12H2,1H3,(H,20,23). The van der Waals surface area contributed by atoms with Gasteiger partial charge in [-0.25, -0.2) is 9.18 Å². The number of nitrogens with zero attached hydrogens (tertiary/aromatic N) is 1. The van der Waals surface area contributed by atoms with Crippen molar-refractivity contribution >= 4 is 6.03 Å². The van der Waals surface area contributed by atoms with Crippen LogP contribution in [-0.4, -0.2) is 42.3 Å². The summed E-state index contributed by atoms with van der Waals surface area (Å²) < 4.78 is 19.0. The van der Waals surface area contributed by atoms with Crippen LogP contribution in [0, 0.1) is 11.2 Å². The molecule has 0 radical (unpaired) electrons. The Hall–Kier alpha value is -1.82. The molecule has 1 saturated heterocycles. The number of hydrogen-bond donors (Lipinski definition) is 2. The predicted octanol–water partition coefficient (Wildman–Crippen LogP) is 2.84. The van der Waals surface area contributed by atoms with Crippen molar-refractivity contribution < 1.29 is 19.0 Å². The summed E-state index contributed by atoms with van der Waals surface area (Å²) in [6, 6.07) is 4.16. The molecule has 2 amide bonds. The van der Waals surface area contributed by atoms with Gasteiger partial charge in [0.05, 0.1) is 19.3 Å². The number of nitrogens with one attached hydrogen (secondary N) is 1. The molecular formula is C18H25FN2O3. The van der Waals surface area contributed by atoms with Crippen molar-refractivity contribution in [2.45, 2.75) is 38.6 Å². The molecule has 2 aliphatic rings. The van der Waals surface area contributed by atoms with Gasteiger partial charge in [-0.15, -0.1) is 0 Å². The van der Waals surface area contributed by atoms with E-state index in [1.165, 1.54) is 12.1 Å². The summed E-state index contributed by atoms with van der Waals surface area (Å²) in [6.07, 6.45) is 3.37. The van der Waals surface area contributed by atoms with Gasteiger partial charge in [-0.3, -0.25) is 0 Å². The van der Waals surface area contributed by atoms with Crippen molar-refractivity contribution in [1.29, 1.82) is 0 Å². The van der Waals surface area contributed by atoms with E-state index in [0.717, 1.165) is 31.2 Å². The minimum absolute atomic E-state index is 0.0795. The fourth-order valence-electron chi connectivity index (χ4n) is 3.55. The molecule has 1 aromatic rings. The van der Waals surface area contributed by atoms with Gasteiger partial charge in [0.2, 0.25) is 0 Å². The summed E-state index contributed by atoms with van der Waals surface area (Å²) in [6.45, 7) is 3.85. The Balaban J connectivity index is 1.72. The van der Waals surface area contributed by atoms with Crippen molar-refractivity contribution in [3.63, 3.8) is 0 Å². The normalized spacial score (nSPS) is 27.0. The molecule has 0 aliphatic carbocycles. The van der Waals surface area contributed by atoms with Crippen LogP contribution in [0.4, 0.5) is 9.18 Å². The van der Waals surface area contributed by atoms with Crippen LogP contribution in [0.2, 0.25) is 0 Å². The number of benzene rings is 1. The van der Waals surface area contributed by atoms with E-state index in [9.17, 15) is 14.3 Å². The summed E-state index contributed by atoms with van der Waals surface area (Å²) in [5, 5.41) is 12.6. The monoisotopic (exact) mass is 336 g/mol. The molecule has 3 rings (SSSR count). The highest BCUT2D eigenvalue weighted by molar-refractivity contribution is 5.75. The number of amides is 2. The van der Waals surface area contributed by atoms with E-state index in [1.54, 1.807) is 11.0 Å². The largest absolute Gasteiger partial charge is 0.493 e. The molecule has 6 heteroatoms. The second kappa shape index (κ2) is 6.97. The summed E-state index contributed by atoms with van der Waals surface area (Å²) in [4.78, 5) is 14.4. The van der Waals surface area contributed by atoms with Crippen LogP contribution < -0.4 is 10.1 Å². The molecule has 1 fully saturated rings. The molecule has 24 heavy (non-hydrogen) atoms. The highest BCUT2D eigenvalue weighted by atomic mass is 19.1. The Bertz CT molecular complexity index is 610. The second-order valence-corrected chi connectivity index (χ2v) is 7.17. The fourth-order valence-corrected chi connectivity index (χ4v) is 3.55. The Morgan fingerprint density at radius 1 is 1.50 bits per heavy atom. The molecule has 0 bridgehead atoms. The third-order valence-electron chi connectivity index (χ3n) is 4.99. The maximum absolute atomic E-state index is 13.4. The number of halogens is 1. The van der Waals surface area contributed by atoms with Gasteiger partial charge in [0.25, 0.3) is 0 Å². The van der Waals surface area contributed by atoms with Crippen LogP contribution in [0.15, 0.2) is 18.2 Å². The molecule has 2 aliphatic heterocycles. The van der Waals surface area contributed by atoms with Crippen LogP contribution in [0.3, 0.4) is 0 Å². The summed E-state index contributed by atoms with van der Waals surface area (Å²) in [5.41, 5.74) is 0.590. The SMILES string of the molecule is CC1(CO)CCCN(C(=O)NC2CCCOc3cc(F)ccc32)C1. The molecular weight excluding hydrogens is 311 g/mol. The van der Waals surface area contributed by atoms with E-state index in [1.807, 2.05) is 6.92 Å². The van der Waals surface area contributed by atoms with Crippen LogP contribution in [0.1, 0.15) is 44.2 Å². The number of piperidine rings is 1. The van der Waals surface area contributed by atoms with Gasteiger partial charge < -0.3 is 20.1 Å². The van der Waals surface area contributed by atoms with Crippen molar-refractivity contribution in [2.24, 2.45) is 5.41 Å². The lowest BCUT2D eigenvalue weighted by molar-refractivity contribution is 0.0607. The van der Waals surface area contributed by atoms with Crippen molar-refractivity contribution in [1.82, 2.24) is 10.2 Å². The summed E-state index contributed by atoms with van der Waals surface area (Å²) >= 11 is 0. The number of fused-ring (bicyclic) bond motifs is 1. The van der Waals surface area contributed by atoms with Gasteiger partial charge in [0, 0.05) is 30.1 Å². The zero-order valence-electron chi connectivity index (χ0n) is 14.1. The highest BCUT2D eigenvalue weighted by Gasteiger charge is 2.33. The van der Waals surface area contributed by atoms with Gasteiger partial charge in [-0.2, -0.15) is 0 Å². The zero-order valence-corrected chi connectivity index (χ0v) is 14.1. The number of hydrogen-bond acceptors (Lipinski definition) is 3. The van der Waals surface area contributed by atoms with Crippen LogP contribution in [0.5, 0.6) is 5.75 Å². The molecule has 2 heterocycles. The molecule has 5 nitrogen and oxygen atoms in total. The third-order valence-corrected chi connectivity index (χ3v) is 4.99. The van der Waals surface area contributed by atoms with Gasteiger partial charge in [0.15, 0.2) is 0 Å². The smallest absolute Gasteiger partial charge is 0.317 e. The summed E-state index contributed by atoms with van der Waals surface area (Å²) in [7, 11) is 0. The summed E-state index contributed by atoms with van der Waals surface area (Å²) in [5.74, 6) is 0.173. The number of ether oxygens (including phenoxy) is 1. The minimum atomic E-state index is -0.338. The Labute approximate surface area is 141 Å². The molecule has 132 valence electrons. The average molecular weight is 336 g/mol. The van der Waals surface area contributed by atoms with Crippen LogP contribution in [-0.2, 0) is 0 Å². The number of aliphatic hydroxyl groups is 1. The molecule has 2 atom stereocenters. The number of carbonyl (C=O) groups is 1. The second-order valence-electron chi connectivity index (χ2n) is 7.17. The molecule has 1 aromatic carbocycles. The zero-order chi connectivity index (χ0) is 17.2. The molecule has 2 N–H and O–H groups in total. The first-order chi connectivity index (χ1) is 11.5. The van der Waals surface area contributed by atoms with E-state index >= 15 is 0 Å². The fraction of sp³-hybridized carbons (Fsp3) is 0.611. The Kier molecular flexibility index (Phi) is 4.94. The van der Waals surface area contributed by atoms with Crippen molar-refractivity contribution in [2.75, 3.05) is 26.3 Å². The number of carbonyl (C=O) groups excluding carboxylic acids is 1. The van der Waals surface area contributed by atoms with Gasteiger partial charge in [0.1, 0.15) is 11.6 Å². The Morgan fingerprint density at radius 2 is 2.33 bits per heavy atom. The Morgan fingerprint density at radius 3 is 3.12 bits per heavy atom. The molecule has 2 unspecified atom stereocenters. The quantitative estimate of drug-likeness (QED) is 0.873.